The molecule has 2 aliphatic rings. The molecule has 0 radical (unpaired) electrons. The monoisotopic (exact) mass is 573 g/mol. The summed E-state index contributed by atoms with van der Waals surface area (Å²) in [6, 6.07) is 12.7. The van der Waals surface area contributed by atoms with E-state index < -0.39 is 5.41 Å². The number of aromatic nitrogens is 2. The summed E-state index contributed by atoms with van der Waals surface area (Å²) in [5, 5.41) is 3.93. The van der Waals surface area contributed by atoms with Gasteiger partial charge in [-0.25, -0.2) is 9.97 Å². The molecule has 1 amide bonds. The SMILES string of the molecule is Cc1cc(C2CCN(C(=O)CN(C)C)CC2)ccc1Nc1ncc(Cl)c(CCc2cccc3c2C(C)(C)C(=O)C3)n1. The second-order valence-corrected chi connectivity index (χ2v) is 12.7. The van der Waals surface area contributed by atoms with Gasteiger partial charge in [-0.05, 0) is 100 Å². The number of rotatable bonds is 8. The maximum atomic E-state index is 12.6. The lowest BCUT2D eigenvalue weighted by molar-refractivity contribution is -0.132. The third-order valence-electron chi connectivity index (χ3n) is 8.63. The maximum absolute atomic E-state index is 12.6. The van der Waals surface area contributed by atoms with E-state index in [9.17, 15) is 9.59 Å². The normalized spacial score (nSPS) is 16.8. The lowest BCUT2D eigenvalue weighted by Gasteiger charge is -2.33. The highest BCUT2D eigenvalue weighted by Gasteiger charge is 2.39. The van der Waals surface area contributed by atoms with Crippen molar-refractivity contribution in [3.05, 3.63) is 81.1 Å². The van der Waals surface area contributed by atoms with E-state index in [0.29, 0.717) is 36.3 Å². The van der Waals surface area contributed by atoms with Gasteiger partial charge in [0.2, 0.25) is 11.9 Å². The van der Waals surface area contributed by atoms with Crippen molar-refractivity contribution in [2.75, 3.05) is 39.0 Å². The molecule has 8 heteroatoms. The Labute approximate surface area is 248 Å². The minimum absolute atomic E-state index is 0.207. The molecule has 1 aromatic heterocycles. The Bertz CT molecular complexity index is 1460. The highest BCUT2D eigenvalue weighted by Crippen LogP contribution is 2.38. The van der Waals surface area contributed by atoms with E-state index in [1.165, 1.54) is 11.1 Å². The first-order valence-electron chi connectivity index (χ1n) is 14.5. The van der Waals surface area contributed by atoms with E-state index in [0.717, 1.165) is 60.4 Å². The van der Waals surface area contributed by atoms with Gasteiger partial charge in [-0.1, -0.05) is 41.9 Å². The number of hydrogen-bond acceptors (Lipinski definition) is 6. The predicted octanol–water partition coefficient (Wildman–Crippen LogP) is 5.64. The molecule has 1 aliphatic carbocycles. The molecule has 0 atom stereocenters. The van der Waals surface area contributed by atoms with Gasteiger partial charge in [0.05, 0.1) is 23.5 Å². The number of nitrogens with zero attached hydrogens (tertiary/aromatic N) is 4. The van der Waals surface area contributed by atoms with Crippen molar-refractivity contribution in [2.45, 2.75) is 64.2 Å². The Morgan fingerprint density at radius 2 is 1.90 bits per heavy atom. The summed E-state index contributed by atoms with van der Waals surface area (Å²) in [5.74, 6) is 1.44. The number of halogens is 1. The number of fused-ring (bicyclic) bond motifs is 1. The average Bonchev–Trinajstić information content (AvgIpc) is 3.17. The highest BCUT2D eigenvalue weighted by molar-refractivity contribution is 6.31. The molecule has 1 N–H and O–H groups in total. The molecule has 2 heterocycles. The maximum Gasteiger partial charge on any atom is 0.236 e. The predicted molar refractivity (Wildman–Crippen MR) is 164 cm³/mol. The minimum atomic E-state index is -0.460. The Kier molecular flexibility index (Phi) is 8.48. The molecule has 0 bridgehead atoms. The van der Waals surface area contributed by atoms with Crippen LogP contribution in [0.3, 0.4) is 0 Å². The van der Waals surface area contributed by atoms with Crippen molar-refractivity contribution in [3.8, 4) is 0 Å². The van der Waals surface area contributed by atoms with Crippen LogP contribution in [0.15, 0.2) is 42.6 Å². The zero-order chi connectivity index (χ0) is 29.3. The Morgan fingerprint density at radius 3 is 2.61 bits per heavy atom. The average molecular weight is 574 g/mol. The van der Waals surface area contributed by atoms with Crippen LogP contribution < -0.4 is 5.32 Å². The van der Waals surface area contributed by atoms with Gasteiger partial charge in [0.1, 0.15) is 5.78 Å². The molecule has 0 saturated carbocycles. The first kappa shape index (κ1) is 29.2. The lowest BCUT2D eigenvalue weighted by atomic mass is 9.82. The van der Waals surface area contributed by atoms with E-state index in [1.807, 2.05) is 43.8 Å². The zero-order valence-corrected chi connectivity index (χ0v) is 25.5. The Morgan fingerprint density at radius 1 is 1.15 bits per heavy atom. The standard InChI is InChI=1S/C33H40ClN5O2/c1-21-17-24(22-13-15-39(16-14-22)30(41)20-38(4)5)10-11-27(21)36-32-35-19-26(34)28(37-32)12-9-23-7-6-8-25-18-29(40)33(2,3)31(23)25/h6-8,10-11,17,19,22H,9,12-16,18,20H2,1-5H3,(H,35,36,37). The first-order valence-corrected chi connectivity index (χ1v) is 14.9. The molecule has 3 aromatic rings. The third kappa shape index (κ3) is 6.31. The van der Waals surface area contributed by atoms with E-state index in [1.54, 1.807) is 6.20 Å². The summed E-state index contributed by atoms with van der Waals surface area (Å²) in [4.78, 5) is 38.1. The van der Waals surface area contributed by atoms with E-state index in [4.69, 9.17) is 16.6 Å². The van der Waals surface area contributed by atoms with Gasteiger partial charge >= 0.3 is 0 Å². The van der Waals surface area contributed by atoms with Crippen LogP contribution in [0.2, 0.25) is 5.02 Å². The number of likely N-dealkylation sites (N-methyl/N-ethyl adjacent to an activating group) is 1. The van der Waals surface area contributed by atoms with Gasteiger partial charge in [-0.2, -0.15) is 0 Å². The van der Waals surface area contributed by atoms with Crippen molar-refractivity contribution in [1.82, 2.24) is 19.8 Å². The molecule has 0 unspecified atom stereocenters. The summed E-state index contributed by atoms with van der Waals surface area (Å²) in [7, 11) is 3.86. The number of likely N-dealkylation sites (tertiary alicyclic amines) is 1. The third-order valence-corrected chi connectivity index (χ3v) is 8.94. The van der Waals surface area contributed by atoms with Gasteiger partial charge in [-0.15, -0.1) is 0 Å². The quantitative estimate of drug-likeness (QED) is 0.376. The van der Waals surface area contributed by atoms with Crippen LogP contribution in [-0.4, -0.2) is 65.2 Å². The van der Waals surface area contributed by atoms with Gasteiger partial charge in [0.25, 0.3) is 0 Å². The minimum Gasteiger partial charge on any atom is -0.342 e. The topological polar surface area (TPSA) is 78.4 Å². The second-order valence-electron chi connectivity index (χ2n) is 12.3. The van der Waals surface area contributed by atoms with Crippen molar-refractivity contribution >= 4 is 34.9 Å². The van der Waals surface area contributed by atoms with Gasteiger partial charge in [0, 0.05) is 30.6 Å². The number of benzene rings is 2. The Hall–Kier alpha value is -3.29. The highest BCUT2D eigenvalue weighted by atomic mass is 35.5. The number of carbonyl (C=O) groups is 2. The van der Waals surface area contributed by atoms with Crippen molar-refractivity contribution < 1.29 is 9.59 Å². The van der Waals surface area contributed by atoms with Crippen LogP contribution in [0.5, 0.6) is 0 Å². The number of amides is 1. The molecule has 7 nitrogen and oxygen atoms in total. The van der Waals surface area contributed by atoms with Crippen LogP contribution in [0, 0.1) is 6.92 Å². The smallest absolute Gasteiger partial charge is 0.236 e. The molecule has 1 saturated heterocycles. The Balaban J connectivity index is 1.24. The lowest BCUT2D eigenvalue weighted by Crippen LogP contribution is -2.42. The summed E-state index contributed by atoms with van der Waals surface area (Å²) in [6.07, 6.45) is 5.53. The van der Waals surface area contributed by atoms with Crippen LogP contribution in [0.4, 0.5) is 11.6 Å². The van der Waals surface area contributed by atoms with Crippen LogP contribution in [-0.2, 0) is 34.3 Å². The van der Waals surface area contributed by atoms with Gasteiger partial charge in [0.15, 0.2) is 0 Å². The fourth-order valence-corrected chi connectivity index (χ4v) is 6.46. The van der Waals surface area contributed by atoms with E-state index in [-0.39, 0.29) is 11.7 Å². The summed E-state index contributed by atoms with van der Waals surface area (Å²) in [6.45, 7) is 8.21. The molecule has 1 aliphatic heterocycles. The van der Waals surface area contributed by atoms with Crippen LogP contribution in [0.25, 0.3) is 0 Å². The van der Waals surface area contributed by atoms with Crippen molar-refractivity contribution in [1.29, 1.82) is 0 Å². The fraction of sp³-hybridized carbons (Fsp3) is 0.455. The number of Topliss-reactive ketones (excluding diaryl/α,β-unsaturated/α-hetero) is 1. The molecule has 2 aromatic carbocycles. The summed E-state index contributed by atoms with van der Waals surface area (Å²) >= 11 is 6.52. The molecule has 5 rings (SSSR count). The van der Waals surface area contributed by atoms with Crippen LogP contribution >= 0.6 is 11.6 Å². The molecular weight excluding hydrogens is 534 g/mol. The number of hydrogen-bond donors (Lipinski definition) is 1. The molecule has 0 spiro atoms. The van der Waals surface area contributed by atoms with E-state index >= 15 is 0 Å². The first-order chi connectivity index (χ1) is 19.5. The molecule has 216 valence electrons. The number of ketones is 1. The number of nitrogens with one attached hydrogen (secondary N) is 1. The molecule has 1 fully saturated rings. The number of piperidine rings is 1. The molecular formula is C33H40ClN5O2. The summed E-state index contributed by atoms with van der Waals surface area (Å²) < 4.78 is 0. The molecule has 41 heavy (non-hydrogen) atoms. The van der Waals surface area contributed by atoms with Crippen molar-refractivity contribution in [3.63, 3.8) is 0 Å². The van der Waals surface area contributed by atoms with Gasteiger partial charge < -0.3 is 15.1 Å². The van der Waals surface area contributed by atoms with Gasteiger partial charge in [-0.3, -0.25) is 9.59 Å². The summed E-state index contributed by atoms with van der Waals surface area (Å²) in [5.41, 5.74) is 7.20. The largest absolute Gasteiger partial charge is 0.342 e. The number of aryl methyl sites for hydroxylation is 3. The van der Waals surface area contributed by atoms with Crippen molar-refractivity contribution in [2.24, 2.45) is 0 Å². The van der Waals surface area contributed by atoms with E-state index in [2.05, 4.69) is 47.6 Å². The fourth-order valence-electron chi connectivity index (χ4n) is 6.27. The number of anilines is 2. The number of carbonyl (C=O) groups excluding carboxylic acids is 2. The zero-order valence-electron chi connectivity index (χ0n) is 24.8. The second kappa shape index (κ2) is 11.9. The van der Waals surface area contributed by atoms with Crippen LogP contribution in [0.1, 0.15) is 66.1 Å².